The standard InChI is InChI=1S/C15H16ClNO3/c1-9-4-5-13(16)14(6-9)17-8-11-7-12(10(2)20-11)15(18)19-3/h4-7,17H,8H2,1-3H3. The van der Waals surface area contributed by atoms with Gasteiger partial charge in [0.25, 0.3) is 0 Å². The zero-order chi connectivity index (χ0) is 14.7. The smallest absolute Gasteiger partial charge is 0.341 e. The Labute approximate surface area is 122 Å². The summed E-state index contributed by atoms with van der Waals surface area (Å²) in [4.78, 5) is 11.5. The predicted molar refractivity (Wildman–Crippen MR) is 78.3 cm³/mol. The molecule has 0 aliphatic heterocycles. The van der Waals surface area contributed by atoms with Gasteiger partial charge in [-0.3, -0.25) is 0 Å². The molecule has 106 valence electrons. The normalized spacial score (nSPS) is 10.4. The first kappa shape index (κ1) is 14.5. The molecule has 0 amide bonds. The minimum atomic E-state index is -0.397. The summed E-state index contributed by atoms with van der Waals surface area (Å²) in [6.45, 7) is 4.17. The summed E-state index contributed by atoms with van der Waals surface area (Å²) in [5.41, 5.74) is 2.39. The van der Waals surface area contributed by atoms with Crippen LogP contribution in [0.2, 0.25) is 5.02 Å². The van der Waals surface area contributed by atoms with Crippen LogP contribution in [0.3, 0.4) is 0 Å². The van der Waals surface area contributed by atoms with Gasteiger partial charge in [-0.05, 0) is 37.6 Å². The quantitative estimate of drug-likeness (QED) is 0.867. The second-order valence-corrected chi connectivity index (χ2v) is 4.92. The van der Waals surface area contributed by atoms with Crippen LogP contribution in [0.15, 0.2) is 28.7 Å². The monoisotopic (exact) mass is 293 g/mol. The van der Waals surface area contributed by atoms with Crippen LogP contribution in [-0.2, 0) is 11.3 Å². The lowest BCUT2D eigenvalue weighted by molar-refractivity contribution is 0.0599. The number of furan rings is 1. The summed E-state index contributed by atoms with van der Waals surface area (Å²) in [5.74, 6) is 0.801. The number of nitrogens with one attached hydrogen (secondary N) is 1. The summed E-state index contributed by atoms with van der Waals surface area (Å²) in [6.07, 6.45) is 0. The maximum atomic E-state index is 11.5. The van der Waals surface area contributed by atoms with Gasteiger partial charge in [-0.25, -0.2) is 4.79 Å². The first-order valence-electron chi connectivity index (χ1n) is 6.19. The van der Waals surface area contributed by atoms with Gasteiger partial charge in [0.1, 0.15) is 17.1 Å². The molecule has 0 aliphatic carbocycles. The lowest BCUT2D eigenvalue weighted by Crippen LogP contribution is -2.01. The fraction of sp³-hybridized carbons (Fsp3) is 0.267. The van der Waals surface area contributed by atoms with Gasteiger partial charge in [0.2, 0.25) is 0 Å². The average molecular weight is 294 g/mol. The highest BCUT2D eigenvalue weighted by molar-refractivity contribution is 6.33. The highest BCUT2D eigenvalue weighted by Gasteiger charge is 2.15. The number of benzene rings is 1. The number of hydrogen-bond donors (Lipinski definition) is 1. The van der Waals surface area contributed by atoms with Crippen molar-refractivity contribution in [2.24, 2.45) is 0 Å². The van der Waals surface area contributed by atoms with Crippen LogP contribution in [0.4, 0.5) is 5.69 Å². The molecule has 0 bridgehead atoms. The van der Waals surface area contributed by atoms with Gasteiger partial charge in [0.15, 0.2) is 0 Å². The van der Waals surface area contributed by atoms with Gasteiger partial charge >= 0.3 is 5.97 Å². The molecular formula is C15H16ClNO3. The molecule has 1 N–H and O–H groups in total. The number of carbonyl (C=O) groups is 1. The predicted octanol–water partition coefficient (Wildman–Crippen LogP) is 3.95. The van der Waals surface area contributed by atoms with Crippen LogP contribution in [0.25, 0.3) is 0 Å². The largest absolute Gasteiger partial charge is 0.465 e. The molecule has 0 saturated carbocycles. The number of hydrogen-bond acceptors (Lipinski definition) is 4. The molecule has 2 aromatic rings. The molecule has 0 spiro atoms. The van der Waals surface area contributed by atoms with Crippen LogP contribution >= 0.6 is 11.6 Å². The van der Waals surface area contributed by atoms with Gasteiger partial charge in [-0.1, -0.05) is 17.7 Å². The number of methoxy groups -OCH3 is 1. The van der Waals surface area contributed by atoms with Crippen molar-refractivity contribution in [3.8, 4) is 0 Å². The fourth-order valence-corrected chi connectivity index (χ4v) is 2.08. The molecule has 1 aromatic heterocycles. The summed E-state index contributed by atoms with van der Waals surface area (Å²) in [7, 11) is 1.35. The maximum absolute atomic E-state index is 11.5. The third-order valence-corrected chi connectivity index (χ3v) is 3.28. The van der Waals surface area contributed by atoms with E-state index >= 15 is 0 Å². The van der Waals surface area contributed by atoms with Crippen LogP contribution < -0.4 is 5.32 Å². The molecule has 0 fully saturated rings. The number of ether oxygens (including phenoxy) is 1. The van der Waals surface area contributed by atoms with Crippen molar-refractivity contribution in [1.82, 2.24) is 0 Å². The van der Waals surface area contributed by atoms with Gasteiger partial charge in [0.05, 0.1) is 24.4 Å². The van der Waals surface area contributed by atoms with Crippen molar-refractivity contribution >= 4 is 23.3 Å². The summed E-state index contributed by atoms with van der Waals surface area (Å²) in [6, 6.07) is 7.42. The topological polar surface area (TPSA) is 51.5 Å². The Morgan fingerprint density at radius 1 is 1.35 bits per heavy atom. The summed E-state index contributed by atoms with van der Waals surface area (Å²) in [5, 5.41) is 3.84. The van der Waals surface area contributed by atoms with Crippen molar-refractivity contribution in [2.45, 2.75) is 20.4 Å². The molecule has 20 heavy (non-hydrogen) atoms. The van der Waals surface area contributed by atoms with Crippen molar-refractivity contribution in [3.63, 3.8) is 0 Å². The Morgan fingerprint density at radius 3 is 2.80 bits per heavy atom. The number of rotatable bonds is 4. The molecular weight excluding hydrogens is 278 g/mol. The number of halogens is 1. The summed E-state index contributed by atoms with van der Waals surface area (Å²) < 4.78 is 10.2. The molecule has 1 heterocycles. The lowest BCUT2D eigenvalue weighted by atomic mass is 10.2. The van der Waals surface area contributed by atoms with Crippen molar-refractivity contribution < 1.29 is 13.9 Å². The van der Waals surface area contributed by atoms with E-state index in [0.717, 1.165) is 11.3 Å². The van der Waals surface area contributed by atoms with Crippen LogP contribution in [0.1, 0.15) is 27.4 Å². The second-order valence-electron chi connectivity index (χ2n) is 4.51. The Hall–Kier alpha value is -1.94. The van der Waals surface area contributed by atoms with Gasteiger partial charge in [-0.15, -0.1) is 0 Å². The Bertz CT molecular complexity index is 634. The van der Waals surface area contributed by atoms with E-state index in [2.05, 4.69) is 10.1 Å². The molecule has 5 heteroatoms. The fourth-order valence-electron chi connectivity index (χ4n) is 1.90. The average Bonchev–Trinajstić information content (AvgIpc) is 2.80. The van der Waals surface area contributed by atoms with Crippen LogP contribution in [0.5, 0.6) is 0 Å². The summed E-state index contributed by atoms with van der Waals surface area (Å²) >= 11 is 6.10. The van der Waals surface area contributed by atoms with Crippen LogP contribution in [-0.4, -0.2) is 13.1 Å². The third-order valence-electron chi connectivity index (χ3n) is 2.95. The van der Waals surface area contributed by atoms with E-state index in [1.54, 1.807) is 13.0 Å². The number of esters is 1. The van der Waals surface area contributed by atoms with Gasteiger partial charge in [-0.2, -0.15) is 0 Å². The molecule has 0 aliphatic rings. The zero-order valence-electron chi connectivity index (χ0n) is 11.6. The molecule has 0 unspecified atom stereocenters. The first-order chi connectivity index (χ1) is 9.51. The molecule has 1 aromatic carbocycles. The van der Waals surface area contributed by atoms with Crippen molar-refractivity contribution in [3.05, 3.63) is 51.9 Å². The van der Waals surface area contributed by atoms with E-state index in [1.165, 1.54) is 7.11 Å². The highest BCUT2D eigenvalue weighted by atomic mass is 35.5. The van der Waals surface area contributed by atoms with E-state index in [0.29, 0.717) is 28.7 Å². The Kier molecular flexibility index (Phi) is 4.35. The van der Waals surface area contributed by atoms with Crippen molar-refractivity contribution in [2.75, 3.05) is 12.4 Å². The van der Waals surface area contributed by atoms with Gasteiger partial charge in [0, 0.05) is 0 Å². The van der Waals surface area contributed by atoms with Gasteiger partial charge < -0.3 is 14.5 Å². The minimum Gasteiger partial charge on any atom is -0.465 e. The lowest BCUT2D eigenvalue weighted by Gasteiger charge is -2.07. The first-order valence-corrected chi connectivity index (χ1v) is 6.56. The number of carbonyl (C=O) groups excluding carboxylic acids is 1. The molecule has 0 saturated heterocycles. The van der Waals surface area contributed by atoms with E-state index in [4.69, 9.17) is 16.0 Å². The second kappa shape index (κ2) is 6.01. The minimum absolute atomic E-state index is 0.397. The van der Waals surface area contributed by atoms with E-state index in [9.17, 15) is 4.79 Å². The zero-order valence-corrected chi connectivity index (χ0v) is 12.4. The van der Waals surface area contributed by atoms with E-state index in [-0.39, 0.29) is 0 Å². The molecule has 2 rings (SSSR count). The third kappa shape index (κ3) is 3.14. The number of aryl methyl sites for hydroxylation is 2. The maximum Gasteiger partial charge on any atom is 0.341 e. The number of anilines is 1. The molecule has 4 nitrogen and oxygen atoms in total. The van der Waals surface area contributed by atoms with Crippen LogP contribution in [0, 0.1) is 13.8 Å². The Balaban J connectivity index is 2.11. The van der Waals surface area contributed by atoms with E-state index < -0.39 is 5.97 Å². The molecule has 0 radical (unpaired) electrons. The Morgan fingerprint density at radius 2 is 2.10 bits per heavy atom. The van der Waals surface area contributed by atoms with Crippen molar-refractivity contribution in [1.29, 1.82) is 0 Å². The molecule has 0 atom stereocenters. The SMILES string of the molecule is COC(=O)c1cc(CNc2cc(C)ccc2Cl)oc1C. The van der Waals surface area contributed by atoms with E-state index in [1.807, 2.05) is 25.1 Å². The highest BCUT2D eigenvalue weighted by Crippen LogP contribution is 2.24.